The molecule has 1 aromatic carbocycles. The van der Waals surface area contributed by atoms with Gasteiger partial charge in [-0.15, -0.1) is 0 Å². The van der Waals surface area contributed by atoms with Gasteiger partial charge in [-0.25, -0.2) is 0 Å². The van der Waals surface area contributed by atoms with Gasteiger partial charge in [-0.3, -0.25) is 4.79 Å². The summed E-state index contributed by atoms with van der Waals surface area (Å²) in [6, 6.07) is 5.68. The van der Waals surface area contributed by atoms with Gasteiger partial charge < -0.3 is 10.1 Å². The highest BCUT2D eigenvalue weighted by Gasteiger charge is 2.29. The van der Waals surface area contributed by atoms with Gasteiger partial charge in [0.15, 0.2) is 0 Å². The van der Waals surface area contributed by atoms with Crippen molar-refractivity contribution in [2.24, 2.45) is 5.41 Å². The zero-order chi connectivity index (χ0) is 14.0. The van der Waals surface area contributed by atoms with E-state index in [-0.39, 0.29) is 12.1 Å². The van der Waals surface area contributed by atoms with E-state index in [9.17, 15) is 4.79 Å². The molecule has 0 bridgehead atoms. The van der Waals surface area contributed by atoms with Crippen LogP contribution in [0.3, 0.4) is 0 Å². The lowest BCUT2D eigenvalue weighted by Gasteiger charge is -2.23. The Morgan fingerprint density at radius 2 is 2.16 bits per heavy atom. The lowest BCUT2D eigenvalue weighted by atomic mass is 9.96. The molecule has 0 saturated carbocycles. The van der Waals surface area contributed by atoms with Gasteiger partial charge in [-0.05, 0) is 51.8 Å². The van der Waals surface area contributed by atoms with E-state index in [1.807, 2.05) is 39.0 Å². The molecule has 0 aliphatic carbocycles. The van der Waals surface area contributed by atoms with Crippen LogP contribution in [-0.4, -0.2) is 12.5 Å². The van der Waals surface area contributed by atoms with Crippen molar-refractivity contribution in [1.29, 1.82) is 0 Å². The number of ether oxygens (including phenoxy) is 1. The molecule has 0 saturated heterocycles. The molecular formula is C15H20ClNO2. The van der Waals surface area contributed by atoms with Crippen LogP contribution in [0.5, 0.6) is 0 Å². The highest BCUT2D eigenvalue weighted by molar-refractivity contribution is 6.30. The van der Waals surface area contributed by atoms with Crippen molar-refractivity contribution in [1.82, 2.24) is 0 Å². The molecule has 3 nitrogen and oxygen atoms in total. The molecule has 0 aromatic heterocycles. The fourth-order valence-electron chi connectivity index (χ4n) is 2.06. The van der Waals surface area contributed by atoms with Gasteiger partial charge in [0.05, 0.1) is 5.41 Å². The van der Waals surface area contributed by atoms with Crippen LogP contribution < -0.4 is 5.32 Å². The number of anilines is 1. The fourth-order valence-corrected chi connectivity index (χ4v) is 2.24. The summed E-state index contributed by atoms with van der Waals surface area (Å²) in [5.41, 5.74) is 1.49. The molecule has 0 radical (unpaired) electrons. The van der Waals surface area contributed by atoms with Crippen molar-refractivity contribution in [3.8, 4) is 0 Å². The van der Waals surface area contributed by atoms with Crippen molar-refractivity contribution >= 4 is 23.3 Å². The maximum absolute atomic E-state index is 12.1. The third-order valence-electron chi connectivity index (χ3n) is 3.18. The van der Waals surface area contributed by atoms with Gasteiger partial charge in [-0.2, -0.15) is 0 Å². The second-order valence-electron chi connectivity index (χ2n) is 5.94. The summed E-state index contributed by atoms with van der Waals surface area (Å²) in [5.74, 6) is -0.176. The molecule has 1 atom stereocenters. The number of benzene rings is 1. The Labute approximate surface area is 119 Å². The number of hydrogen-bond acceptors (Lipinski definition) is 3. The second-order valence-corrected chi connectivity index (χ2v) is 6.38. The third-order valence-corrected chi connectivity index (χ3v) is 3.42. The van der Waals surface area contributed by atoms with E-state index >= 15 is 0 Å². The Morgan fingerprint density at radius 1 is 1.42 bits per heavy atom. The quantitative estimate of drug-likeness (QED) is 0.785. The Hall–Kier alpha value is -1.22. The first-order valence-corrected chi connectivity index (χ1v) is 7.00. The molecule has 4 heteroatoms. The highest BCUT2D eigenvalue weighted by Crippen LogP contribution is 2.35. The van der Waals surface area contributed by atoms with Crippen molar-refractivity contribution in [2.75, 3.05) is 11.9 Å². The number of carbonyl (C=O) groups excluding carboxylic acids is 1. The van der Waals surface area contributed by atoms with Crippen molar-refractivity contribution < 1.29 is 9.53 Å². The number of halogens is 1. The smallest absolute Gasteiger partial charge is 0.311 e. The topological polar surface area (TPSA) is 38.3 Å². The largest absolute Gasteiger partial charge is 0.457 e. The number of rotatable bonds is 1. The minimum absolute atomic E-state index is 0.176. The maximum atomic E-state index is 12.1. The summed E-state index contributed by atoms with van der Waals surface area (Å²) in [7, 11) is 0. The Balaban J connectivity index is 2.27. The number of hydrogen-bond donors (Lipinski definition) is 1. The van der Waals surface area contributed by atoms with E-state index in [1.54, 1.807) is 0 Å². The molecule has 104 valence electrons. The summed E-state index contributed by atoms with van der Waals surface area (Å²) in [5, 5.41) is 4.01. The van der Waals surface area contributed by atoms with E-state index in [2.05, 4.69) is 5.32 Å². The van der Waals surface area contributed by atoms with Crippen LogP contribution in [-0.2, 0) is 9.53 Å². The average molecular weight is 282 g/mol. The summed E-state index contributed by atoms with van der Waals surface area (Å²) >= 11 is 6.05. The predicted octanol–water partition coefficient (Wildman–Crippen LogP) is 4.18. The first-order valence-electron chi connectivity index (χ1n) is 6.62. The van der Waals surface area contributed by atoms with E-state index in [0.717, 1.165) is 30.6 Å². The van der Waals surface area contributed by atoms with Crippen LogP contribution >= 0.6 is 11.6 Å². The second kappa shape index (κ2) is 5.41. The summed E-state index contributed by atoms with van der Waals surface area (Å²) in [6.07, 6.45) is 1.58. The number of esters is 1. The van der Waals surface area contributed by atoms with Gasteiger partial charge in [0.2, 0.25) is 0 Å². The maximum Gasteiger partial charge on any atom is 0.311 e. The molecule has 1 N–H and O–H groups in total. The van der Waals surface area contributed by atoms with Gasteiger partial charge in [0.1, 0.15) is 6.10 Å². The minimum Gasteiger partial charge on any atom is -0.457 e. The molecule has 2 rings (SSSR count). The van der Waals surface area contributed by atoms with E-state index in [0.29, 0.717) is 5.02 Å². The predicted molar refractivity (Wildman–Crippen MR) is 77.5 cm³/mol. The number of fused-ring (bicyclic) bond motifs is 1. The van der Waals surface area contributed by atoms with Crippen LogP contribution in [0.1, 0.15) is 45.3 Å². The average Bonchev–Trinajstić information content (AvgIpc) is 2.51. The van der Waals surface area contributed by atoms with Crippen LogP contribution in [0, 0.1) is 5.41 Å². The number of carbonyl (C=O) groups is 1. The minimum atomic E-state index is -0.488. The normalized spacial score (nSPS) is 19.1. The Kier molecular flexibility index (Phi) is 4.04. The first-order chi connectivity index (χ1) is 8.88. The van der Waals surface area contributed by atoms with Gasteiger partial charge >= 0.3 is 5.97 Å². The van der Waals surface area contributed by atoms with Crippen LogP contribution in [0.2, 0.25) is 5.02 Å². The molecule has 19 heavy (non-hydrogen) atoms. The molecule has 0 amide bonds. The fraction of sp³-hybridized carbons (Fsp3) is 0.533. The lowest BCUT2D eigenvalue weighted by Crippen LogP contribution is -2.25. The molecule has 1 unspecified atom stereocenters. The van der Waals surface area contributed by atoms with E-state index in [1.165, 1.54) is 0 Å². The van der Waals surface area contributed by atoms with Crippen molar-refractivity contribution in [3.63, 3.8) is 0 Å². The number of nitrogens with one attached hydrogen (secondary N) is 1. The molecule has 1 aliphatic rings. The molecular weight excluding hydrogens is 262 g/mol. The zero-order valence-electron chi connectivity index (χ0n) is 11.6. The first kappa shape index (κ1) is 14.2. The summed E-state index contributed by atoms with van der Waals surface area (Å²) in [6.45, 7) is 6.48. The molecule has 0 spiro atoms. The summed E-state index contributed by atoms with van der Waals surface area (Å²) < 4.78 is 5.68. The monoisotopic (exact) mass is 281 g/mol. The zero-order valence-corrected chi connectivity index (χ0v) is 12.4. The standard InChI is InChI=1S/C15H20ClNO2/c1-15(2,3)14(18)19-13-5-4-8-17-12-7-6-10(16)9-11(12)13/h6-7,9,13,17H,4-5,8H2,1-3H3. The van der Waals surface area contributed by atoms with Gasteiger partial charge in [0.25, 0.3) is 0 Å². The van der Waals surface area contributed by atoms with Crippen LogP contribution in [0.25, 0.3) is 0 Å². The SMILES string of the molecule is CC(C)(C)C(=O)OC1CCCNc2ccc(Cl)cc21. The van der Waals surface area contributed by atoms with Gasteiger partial charge in [-0.1, -0.05) is 11.6 Å². The highest BCUT2D eigenvalue weighted by atomic mass is 35.5. The molecule has 1 aliphatic heterocycles. The van der Waals surface area contributed by atoms with Crippen molar-refractivity contribution in [3.05, 3.63) is 28.8 Å². The Morgan fingerprint density at radius 3 is 2.84 bits per heavy atom. The molecule has 0 fully saturated rings. The molecule has 1 heterocycles. The Bertz CT molecular complexity index is 480. The van der Waals surface area contributed by atoms with Crippen LogP contribution in [0.15, 0.2) is 18.2 Å². The van der Waals surface area contributed by atoms with Gasteiger partial charge in [0, 0.05) is 22.8 Å². The lowest BCUT2D eigenvalue weighted by molar-refractivity contribution is -0.159. The van der Waals surface area contributed by atoms with Crippen molar-refractivity contribution in [2.45, 2.75) is 39.7 Å². The van der Waals surface area contributed by atoms with E-state index in [4.69, 9.17) is 16.3 Å². The van der Waals surface area contributed by atoms with E-state index < -0.39 is 5.41 Å². The third kappa shape index (κ3) is 3.41. The molecule has 1 aromatic rings. The van der Waals surface area contributed by atoms with Crippen LogP contribution in [0.4, 0.5) is 5.69 Å². The summed E-state index contributed by atoms with van der Waals surface area (Å²) in [4.78, 5) is 12.1.